The molecule has 0 spiro atoms. The van der Waals surface area contributed by atoms with Crippen molar-refractivity contribution in [3.8, 4) is 6.07 Å². The third-order valence-electron chi connectivity index (χ3n) is 2.41. The molecule has 1 aliphatic heterocycles. The summed E-state index contributed by atoms with van der Waals surface area (Å²) in [6, 6.07) is 1.85. The molecule has 1 saturated heterocycles. The highest BCUT2D eigenvalue weighted by molar-refractivity contribution is 5.78. The summed E-state index contributed by atoms with van der Waals surface area (Å²) < 4.78 is 0. The molecule has 3 N–H and O–H groups in total. The number of carbonyl (C=O) groups excluding carboxylic acids is 1. The fraction of sp³-hybridized carbons (Fsp3) is 0.818. The van der Waals surface area contributed by atoms with Crippen LogP contribution in [0.4, 0.5) is 0 Å². The third kappa shape index (κ3) is 5.10. The zero-order chi connectivity index (χ0) is 12.4. The molecule has 5 nitrogen and oxygen atoms in total. The lowest BCUT2D eigenvalue weighted by Gasteiger charge is -2.17. The summed E-state index contributed by atoms with van der Waals surface area (Å²) in [5.74, 6) is -0.117. The molecule has 0 saturated carbocycles. The monoisotopic (exact) mass is 227 g/mol. The first-order chi connectivity index (χ1) is 7.71. The lowest BCUT2D eigenvalue weighted by Crippen LogP contribution is -2.38. The molecule has 1 amide bonds. The Labute approximate surface area is 96.8 Å². The standard InChI is InChI=1S/C7H11N3O.C4H10O/c8-4-6-2-1-3-10(6)7(11)5-9;1-2-3-4-5/h6H,1-3,5,9H2;5H,2-4H2,1H3. The second-order valence-electron chi connectivity index (χ2n) is 3.66. The fourth-order valence-corrected chi connectivity index (χ4v) is 1.47. The van der Waals surface area contributed by atoms with Gasteiger partial charge in [0, 0.05) is 13.2 Å². The van der Waals surface area contributed by atoms with Gasteiger partial charge in [-0.25, -0.2) is 0 Å². The van der Waals surface area contributed by atoms with Gasteiger partial charge in [-0.2, -0.15) is 5.26 Å². The van der Waals surface area contributed by atoms with Crippen molar-refractivity contribution in [2.75, 3.05) is 19.7 Å². The molecule has 1 unspecified atom stereocenters. The molecule has 0 aromatic carbocycles. The van der Waals surface area contributed by atoms with Crippen molar-refractivity contribution >= 4 is 5.91 Å². The molecule has 0 aromatic rings. The summed E-state index contributed by atoms with van der Waals surface area (Å²) in [5, 5.41) is 16.7. The van der Waals surface area contributed by atoms with Crippen LogP contribution in [0.5, 0.6) is 0 Å². The lowest BCUT2D eigenvalue weighted by molar-refractivity contribution is -0.129. The molecule has 1 fully saturated rings. The average Bonchev–Trinajstić information content (AvgIpc) is 2.78. The summed E-state index contributed by atoms with van der Waals surface area (Å²) in [4.78, 5) is 12.6. The topological polar surface area (TPSA) is 90.3 Å². The SMILES string of the molecule is CCCCO.N#CC1CCCN1C(=O)CN. The molecule has 1 heterocycles. The summed E-state index contributed by atoms with van der Waals surface area (Å²) >= 11 is 0. The van der Waals surface area contributed by atoms with Crippen molar-refractivity contribution in [2.45, 2.75) is 38.6 Å². The lowest BCUT2D eigenvalue weighted by atomic mass is 10.2. The van der Waals surface area contributed by atoms with E-state index < -0.39 is 0 Å². The molecule has 0 bridgehead atoms. The van der Waals surface area contributed by atoms with Crippen LogP contribution in [0.2, 0.25) is 0 Å². The van der Waals surface area contributed by atoms with Crippen molar-refractivity contribution < 1.29 is 9.90 Å². The number of aliphatic hydroxyl groups is 1. The van der Waals surface area contributed by atoms with E-state index in [2.05, 4.69) is 13.0 Å². The summed E-state index contributed by atoms with van der Waals surface area (Å²) in [6.45, 7) is 3.10. The van der Waals surface area contributed by atoms with Crippen LogP contribution in [0.15, 0.2) is 0 Å². The van der Waals surface area contributed by atoms with Crippen molar-refractivity contribution in [2.24, 2.45) is 5.73 Å². The van der Waals surface area contributed by atoms with Crippen LogP contribution >= 0.6 is 0 Å². The van der Waals surface area contributed by atoms with Gasteiger partial charge >= 0.3 is 0 Å². The van der Waals surface area contributed by atoms with E-state index in [9.17, 15) is 4.79 Å². The number of hydrogen-bond acceptors (Lipinski definition) is 4. The molecule has 0 aliphatic carbocycles. The van der Waals surface area contributed by atoms with E-state index >= 15 is 0 Å². The van der Waals surface area contributed by atoms with Gasteiger partial charge in [-0.05, 0) is 19.3 Å². The molecule has 5 heteroatoms. The second-order valence-corrected chi connectivity index (χ2v) is 3.66. The van der Waals surface area contributed by atoms with Crippen LogP contribution in [0.25, 0.3) is 0 Å². The summed E-state index contributed by atoms with van der Waals surface area (Å²) in [7, 11) is 0. The van der Waals surface area contributed by atoms with Crippen LogP contribution in [0.3, 0.4) is 0 Å². The van der Waals surface area contributed by atoms with E-state index in [0.29, 0.717) is 13.2 Å². The Morgan fingerprint density at radius 2 is 2.38 bits per heavy atom. The molecular weight excluding hydrogens is 206 g/mol. The zero-order valence-electron chi connectivity index (χ0n) is 9.85. The van der Waals surface area contributed by atoms with Crippen molar-refractivity contribution in [1.29, 1.82) is 5.26 Å². The van der Waals surface area contributed by atoms with Crippen LogP contribution < -0.4 is 5.73 Å². The number of amides is 1. The van der Waals surface area contributed by atoms with Crippen LogP contribution in [0, 0.1) is 11.3 Å². The largest absolute Gasteiger partial charge is 0.396 e. The van der Waals surface area contributed by atoms with E-state index in [1.807, 2.05) is 0 Å². The highest BCUT2D eigenvalue weighted by Crippen LogP contribution is 2.15. The van der Waals surface area contributed by atoms with Crippen molar-refractivity contribution in [3.63, 3.8) is 0 Å². The number of likely N-dealkylation sites (tertiary alicyclic amines) is 1. The van der Waals surface area contributed by atoms with Gasteiger partial charge in [0.15, 0.2) is 0 Å². The van der Waals surface area contributed by atoms with E-state index in [-0.39, 0.29) is 18.5 Å². The number of carbonyl (C=O) groups is 1. The van der Waals surface area contributed by atoms with Gasteiger partial charge in [-0.3, -0.25) is 4.79 Å². The number of nitriles is 1. The first-order valence-corrected chi connectivity index (χ1v) is 5.71. The van der Waals surface area contributed by atoms with E-state index in [1.165, 1.54) is 0 Å². The molecular formula is C11H21N3O2. The Morgan fingerprint density at radius 3 is 2.75 bits per heavy atom. The Bertz CT molecular complexity index is 236. The van der Waals surface area contributed by atoms with Crippen molar-refractivity contribution in [1.82, 2.24) is 4.90 Å². The highest BCUT2D eigenvalue weighted by Gasteiger charge is 2.27. The minimum atomic E-state index is -0.231. The maximum absolute atomic E-state index is 11.0. The number of nitrogens with zero attached hydrogens (tertiary/aromatic N) is 2. The minimum Gasteiger partial charge on any atom is -0.396 e. The van der Waals surface area contributed by atoms with E-state index in [4.69, 9.17) is 16.1 Å². The normalized spacial score (nSPS) is 18.6. The molecule has 16 heavy (non-hydrogen) atoms. The van der Waals surface area contributed by atoms with Gasteiger partial charge in [0.2, 0.25) is 5.91 Å². The Balaban J connectivity index is 0.000000385. The highest BCUT2D eigenvalue weighted by atomic mass is 16.2. The van der Waals surface area contributed by atoms with Gasteiger partial charge in [-0.1, -0.05) is 13.3 Å². The van der Waals surface area contributed by atoms with Crippen LogP contribution in [0.1, 0.15) is 32.6 Å². The molecule has 1 aliphatic rings. The summed E-state index contributed by atoms with van der Waals surface area (Å²) in [6.07, 6.45) is 3.75. The molecule has 0 radical (unpaired) electrons. The average molecular weight is 227 g/mol. The van der Waals surface area contributed by atoms with Crippen LogP contribution in [-0.2, 0) is 4.79 Å². The zero-order valence-corrected chi connectivity index (χ0v) is 9.85. The maximum Gasteiger partial charge on any atom is 0.237 e. The van der Waals surface area contributed by atoms with Gasteiger partial charge in [-0.15, -0.1) is 0 Å². The number of hydrogen-bond donors (Lipinski definition) is 2. The second kappa shape index (κ2) is 9.13. The predicted molar refractivity (Wildman–Crippen MR) is 61.4 cm³/mol. The quantitative estimate of drug-likeness (QED) is 0.722. The third-order valence-corrected chi connectivity index (χ3v) is 2.41. The maximum atomic E-state index is 11.0. The first-order valence-electron chi connectivity index (χ1n) is 5.71. The first kappa shape index (κ1) is 14.9. The predicted octanol–water partition coefficient (Wildman–Crippen LogP) is 0.238. The molecule has 92 valence electrons. The summed E-state index contributed by atoms with van der Waals surface area (Å²) in [5.41, 5.74) is 5.17. The van der Waals surface area contributed by atoms with Gasteiger partial charge in [0.05, 0.1) is 12.6 Å². The molecule has 0 aromatic heterocycles. The molecule has 1 rings (SSSR count). The number of unbranched alkanes of at least 4 members (excludes halogenated alkanes) is 1. The Kier molecular flexibility index (Phi) is 8.49. The number of rotatable bonds is 3. The number of aliphatic hydroxyl groups excluding tert-OH is 1. The van der Waals surface area contributed by atoms with Gasteiger partial charge in [0.1, 0.15) is 6.04 Å². The Morgan fingerprint density at radius 1 is 1.69 bits per heavy atom. The number of nitrogens with two attached hydrogens (primary N) is 1. The smallest absolute Gasteiger partial charge is 0.237 e. The minimum absolute atomic E-state index is 0.0121. The fourth-order valence-electron chi connectivity index (χ4n) is 1.47. The van der Waals surface area contributed by atoms with Crippen molar-refractivity contribution in [3.05, 3.63) is 0 Å². The van der Waals surface area contributed by atoms with Gasteiger partial charge in [0.25, 0.3) is 0 Å². The molecule has 1 atom stereocenters. The Hall–Kier alpha value is -1.12. The van der Waals surface area contributed by atoms with Crippen LogP contribution in [-0.4, -0.2) is 41.7 Å². The van der Waals surface area contributed by atoms with E-state index in [1.54, 1.807) is 4.90 Å². The van der Waals surface area contributed by atoms with E-state index in [0.717, 1.165) is 25.7 Å². The van der Waals surface area contributed by atoms with Gasteiger partial charge < -0.3 is 15.7 Å².